The van der Waals surface area contributed by atoms with E-state index in [9.17, 15) is 9.90 Å². The highest BCUT2D eigenvalue weighted by molar-refractivity contribution is 5.88. The number of benzene rings is 1. The molecule has 0 radical (unpaired) electrons. The largest absolute Gasteiger partial charge is 0.449 e. The Morgan fingerprint density at radius 3 is 2.85 bits per heavy atom. The Labute approximate surface area is 233 Å². The van der Waals surface area contributed by atoms with Gasteiger partial charge in [-0.25, -0.2) is 4.79 Å². The Balaban J connectivity index is 1.80. The average molecular weight is 535 g/mol. The molecule has 6 heteroatoms. The second-order valence-corrected chi connectivity index (χ2v) is 10.4. The number of rotatable bonds is 6. The van der Waals surface area contributed by atoms with Crippen LogP contribution in [-0.4, -0.2) is 55.5 Å². The van der Waals surface area contributed by atoms with E-state index in [1.807, 2.05) is 55.5 Å². The summed E-state index contributed by atoms with van der Waals surface area (Å²) in [5.41, 5.74) is 3.16. The fourth-order valence-electron chi connectivity index (χ4n) is 4.85. The van der Waals surface area contributed by atoms with Crippen molar-refractivity contribution in [2.45, 2.75) is 82.9 Å². The Bertz CT molecular complexity index is 1090. The number of ether oxygens (including phenoxy) is 4. The maximum absolute atomic E-state index is 12.6. The summed E-state index contributed by atoms with van der Waals surface area (Å²) in [5.74, 6) is 5.20. The summed E-state index contributed by atoms with van der Waals surface area (Å²) in [5, 5.41) is 10.9. The quantitative estimate of drug-likeness (QED) is 0.166. The standard InChI is InChI=1S/C33H42O6/c1-24-9-5-10-27(20-24)17-18-31(34)32-15-7-13-29(37-23-36-4)21-25(2)19-26(3)22-30-14-6-11-28(38-30)12-8-16-33(35)39-32/h5-7,9-11,13,17-18,20,26,28-32,34H,2,12,14-15,19,21-23H2,1,3-4H3/t26-,28-,29+,30-,31-,32-/m0/s1. The Hall–Kier alpha value is -2.95. The zero-order valence-electron chi connectivity index (χ0n) is 23.4. The lowest BCUT2D eigenvalue weighted by molar-refractivity contribution is -0.145. The molecule has 39 heavy (non-hydrogen) atoms. The molecule has 0 aliphatic carbocycles. The molecule has 3 rings (SSSR count). The molecule has 0 spiro atoms. The molecule has 0 aromatic heterocycles. The van der Waals surface area contributed by atoms with E-state index in [2.05, 4.69) is 31.4 Å². The fourth-order valence-corrected chi connectivity index (χ4v) is 4.85. The van der Waals surface area contributed by atoms with Gasteiger partial charge in [0.25, 0.3) is 0 Å². The topological polar surface area (TPSA) is 74.2 Å². The molecule has 1 N–H and O–H groups in total. The van der Waals surface area contributed by atoms with Gasteiger partial charge in [0.2, 0.25) is 0 Å². The van der Waals surface area contributed by atoms with Crippen LogP contribution in [0.2, 0.25) is 0 Å². The van der Waals surface area contributed by atoms with Crippen molar-refractivity contribution >= 4 is 12.0 Å². The van der Waals surface area contributed by atoms with Gasteiger partial charge in [0.1, 0.15) is 19.0 Å². The molecule has 2 heterocycles. The first kappa shape index (κ1) is 30.6. The van der Waals surface area contributed by atoms with E-state index < -0.39 is 18.2 Å². The molecule has 0 saturated heterocycles. The second-order valence-electron chi connectivity index (χ2n) is 10.4. The number of hydrogen-bond donors (Lipinski definition) is 1. The van der Waals surface area contributed by atoms with Gasteiger partial charge >= 0.3 is 5.97 Å². The van der Waals surface area contributed by atoms with E-state index in [4.69, 9.17) is 18.9 Å². The summed E-state index contributed by atoms with van der Waals surface area (Å²) in [7, 11) is 1.58. The number of carbonyl (C=O) groups is 1. The Morgan fingerprint density at radius 1 is 1.23 bits per heavy atom. The van der Waals surface area contributed by atoms with Gasteiger partial charge in [0, 0.05) is 25.9 Å². The molecule has 2 aliphatic heterocycles. The van der Waals surface area contributed by atoms with E-state index in [0.29, 0.717) is 25.2 Å². The molecule has 0 fully saturated rings. The summed E-state index contributed by atoms with van der Waals surface area (Å²) in [6.45, 7) is 8.68. The first-order chi connectivity index (χ1) is 18.8. The summed E-state index contributed by atoms with van der Waals surface area (Å²) < 4.78 is 22.8. The summed E-state index contributed by atoms with van der Waals surface area (Å²) in [6.07, 6.45) is 13.2. The minimum Gasteiger partial charge on any atom is -0.449 e. The van der Waals surface area contributed by atoms with Crippen molar-refractivity contribution in [1.82, 2.24) is 0 Å². The van der Waals surface area contributed by atoms with Crippen LogP contribution in [-0.2, 0) is 23.7 Å². The summed E-state index contributed by atoms with van der Waals surface area (Å²) in [6, 6.07) is 7.94. The van der Waals surface area contributed by atoms with Crippen molar-refractivity contribution in [3.05, 3.63) is 77.9 Å². The fraction of sp³-hybridized carbons (Fsp3) is 0.485. The predicted molar refractivity (Wildman–Crippen MR) is 154 cm³/mol. The number of hydrogen-bond acceptors (Lipinski definition) is 6. The van der Waals surface area contributed by atoms with Crippen LogP contribution in [0.3, 0.4) is 0 Å². The first-order valence-electron chi connectivity index (χ1n) is 13.7. The van der Waals surface area contributed by atoms with Gasteiger partial charge in [-0.1, -0.05) is 91.3 Å². The minimum absolute atomic E-state index is 0.107. The highest BCUT2D eigenvalue weighted by Crippen LogP contribution is 2.26. The van der Waals surface area contributed by atoms with Crippen LogP contribution in [0.1, 0.15) is 56.6 Å². The van der Waals surface area contributed by atoms with Gasteiger partial charge in [-0.05, 0) is 44.1 Å². The van der Waals surface area contributed by atoms with Gasteiger partial charge < -0.3 is 24.1 Å². The summed E-state index contributed by atoms with van der Waals surface area (Å²) in [4.78, 5) is 12.6. The van der Waals surface area contributed by atoms with Gasteiger partial charge in [0.05, 0.1) is 18.3 Å². The van der Waals surface area contributed by atoms with Crippen LogP contribution in [0.5, 0.6) is 0 Å². The Kier molecular flexibility index (Phi) is 12.7. The second kappa shape index (κ2) is 16.2. The number of methoxy groups -OCH3 is 1. The predicted octanol–water partition coefficient (Wildman–Crippen LogP) is 5.70. The zero-order valence-corrected chi connectivity index (χ0v) is 23.4. The lowest BCUT2D eigenvalue weighted by Gasteiger charge is -2.28. The Morgan fingerprint density at radius 2 is 2.05 bits per heavy atom. The number of aliphatic hydroxyl groups excluding tert-OH is 1. The van der Waals surface area contributed by atoms with Gasteiger partial charge in [-0.15, -0.1) is 0 Å². The number of carbonyl (C=O) groups excluding carboxylic acids is 1. The van der Waals surface area contributed by atoms with Crippen LogP contribution in [0.15, 0.2) is 66.8 Å². The number of fused-ring (bicyclic) bond motifs is 2. The molecule has 6 nitrogen and oxygen atoms in total. The van der Waals surface area contributed by atoms with E-state index in [1.54, 1.807) is 13.2 Å². The highest BCUT2D eigenvalue weighted by Gasteiger charge is 2.23. The summed E-state index contributed by atoms with van der Waals surface area (Å²) >= 11 is 0. The number of aliphatic hydroxyl groups is 1. The third-order valence-corrected chi connectivity index (χ3v) is 6.69. The van der Waals surface area contributed by atoms with Gasteiger partial charge in [0.15, 0.2) is 0 Å². The molecule has 210 valence electrons. The normalized spacial score (nSPS) is 27.7. The van der Waals surface area contributed by atoms with Crippen LogP contribution in [0.4, 0.5) is 0 Å². The van der Waals surface area contributed by atoms with E-state index >= 15 is 0 Å². The SMILES string of the molecule is C=C1C[C@H](C)C[C@@H]2CC=C[C@@H](CC#CC(=O)O[C@H]([C@@H](O)C=Cc3cccc(C)c3)CC=C[C@@H](OCOC)C1)O2. The average Bonchev–Trinajstić information content (AvgIpc) is 2.89. The molecule has 0 unspecified atom stereocenters. The molecule has 6 atom stereocenters. The van der Waals surface area contributed by atoms with Crippen molar-refractivity contribution in [2.24, 2.45) is 5.92 Å². The van der Waals surface area contributed by atoms with Crippen LogP contribution in [0, 0.1) is 24.7 Å². The molecule has 0 saturated carbocycles. The van der Waals surface area contributed by atoms with Crippen LogP contribution < -0.4 is 0 Å². The zero-order chi connectivity index (χ0) is 28.0. The number of esters is 1. The molecule has 0 amide bonds. The third-order valence-electron chi connectivity index (χ3n) is 6.69. The molecule has 1 aromatic rings. The van der Waals surface area contributed by atoms with Crippen molar-refractivity contribution < 1.29 is 28.8 Å². The van der Waals surface area contributed by atoms with Crippen molar-refractivity contribution in [2.75, 3.05) is 13.9 Å². The molecule has 2 aliphatic rings. The third kappa shape index (κ3) is 11.4. The number of aryl methyl sites for hydroxylation is 1. The minimum atomic E-state index is -1.02. The van der Waals surface area contributed by atoms with E-state index in [0.717, 1.165) is 36.0 Å². The first-order valence-corrected chi connectivity index (χ1v) is 13.7. The van der Waals surface area contributed by atoms with Crippen molar-refractivity contribution in [3.8, 4) is 11.8 Å². The van der Waals surface area contributed by atoms with E-state index in [-0.39, 0.29) is 25.1 Å². The number of cyclic esters (lactones) is 1. The molecule has 2 bridgehead atoms. The van der Waals surface area contributed by atoms with Crippen molar-refractivity contribution in [1.29, 1.82) is 0 Å². The molecule has 1 aromatic carbocycles. The monoisotopic (exact) mass is 534 g/mol. The smallest absolute Gasteiger partial charge is 0.384 e. The van der Waals surface area contributed by atoms with Crippen LogP contribution in [0.25, 0.3) is 6.08 Å². The molecular weight excluding hydrogens is 492 g/mol. The van der Waals surface area contributed by atoms with Gasteiger partial charge in [-0.3, -0.25) is 0 Å². The maximum Gasteiger partial charge on any atom is 0.384 e. The van der Waals surface area contributed by atoms with E-state index in [1.165, 1.54) is 0 Å². The highest BCUT2D eigenvalue weighted by atomic mass is 16.7. The van der Waals surface area contributed by atoms with Crippen LogP contribution >= 0.6 is 0 Å². The molecular formula is C33H42O6. The van der Waals surface area contributed by atoms with Crippen molar-refractivity contribution in [3.63, 3.8) is 0 Å². The van der Waals surface area contributed by atoms with Gasteiger partial charge in [-0.2, -0.15) is 0 Å². The maximum atomic E-state index is 12.6. The lowest BCUT2D eigenvalue weighted by atomic mass is 9.91. The lowest BCUT2D eigenvalue weighted by Crippen LogP contribution is -2.29.